The van der Waals surface area contributed by atoms with Crippen molar-refractivity contribution in [3.63, 3.8) is 0 Å². The molecule has 0 aliphatic heterocycles. The molecular formula is C21H23ClF3N7O2S2. The molecule has 194 valence electrons. The van der Waals surface area contributed by atoms with E-state index in [1.807, 2.05) is 6.07 Å². The molecule has 2 aromatic heterocycles. The average molecular weight is 562 g/mol. The number of carbonyl (C=O) groups is 2. The molecule has 2 unspecified atom stereocenters. The number of carbonyl (C=O) groups excluding carboxylic acids is 2. The normalized spacial score (nSPS) is 16.1. The smallest absolute Gasteiger partial charge is 0.343 e. The van der Waals surface area contributed by atoms with E-state index in [-0.39, 0.29) is 27.9 Å². The highest BCUT2D eigenvalue weighted by molar-refractivity contribution is 7.79. The lowest BCUT2D eigenvalue weighted by Gasteiger charge is -2.23. The predicted molar refractivity (Wildman–Crippen MR) is 132 cm³/mol. The monoisotopic (exact) mass is 561 g/mol. The Bertz CT molecular complexity index is 1220. The number of nitriles is 1. The Morgan fingerprint density at radius 3 is 2.72 bits per heavy atom. The third kappa shape index (κ3) is 7.08. The Morgan fingerprint density at radius 2 is 2.11 bits per heavy atom. The molecule has 1 N–H and O–H groups in total. The maximum atomic E-state index is 13.1. The first-order valence-electron chi connectivity index (χ1n) is 10.3. The molecule has 0 aromatic carbocycles. The summed E-state index contributed by atoms with van der Waals surface area (Å²) in [5.41, 5.74) is -0.105. The molecule has 3 rings (SSSR count). The molecule has 2 amide bonds. The van der Waals surface area contributed by atoms with Crippen molar-refractivity contribution in [1.29, 1.82) is 5.26 Å². The molecule has 0 radical (unpaired) electrons. The highest BCUT2D eigenvalue weighted by Gasteiger charge is 2.41. The molecule has 0 saturated carbocycles. The SMILES string of the molecule is CS.Cc1nc(C(C)NC(=O)C2=CC(Cl)=CC(C(F)(F)F)C2)n(-c2ncc(C(=O)N(C)CC#N)s2)n1. The number of nitrogens with one attached hydrogen (secondary N) is 1. The molecule has 0 fully saturated rings. The van der Waals surface area contributed by atoms with Gasteiger partial charge in [0.15, 0.2) is 5.82 Å². The van der Waals surface area contributed by atoms with Crippen LogP contribution in [0.4, 0.5) is 13.2 Å². The van der Waals surface area contributed by atoms with E-state index < -0.39 is 36.4 Å². The number of thiol groups is 1. The fourth-order valence-electron chi connectivity index (χ4n) is 3.16. The highest BCUT2D eigenvalue weighted by Crippen LogP contribution is 2.37. The maximum Gasteiger partial charge on any atom is 0.395 e. The van der Waals surface area contributed by atoms with Gasteiger partial charge in [0.25, 0.3) is 5.91 Å². The number of aromatic nitrogens is 4. The highest BCUT2D eigenvalue weighted by atomic mass is 35.5. The second-order valence-corrected chi connectivity index (χ2v) is 8.97. The fourth-order valence-corrected chi connectivity index (χ4v) is 4.32. The van der Waals surface area contributed by atoms with Crippen LogP contribution in [0.1, 0.15) is 40.7 Å². The summed E-state index contributed by atoms with van der Waals surface area (Å²) in [7, 11) is 1.48. The lowest BCUT2D eigenvalue weighted by Crippen LogP contribution is -2.33. The van der Waals surface area contributed by atoms with Gasteiger partial charge in [-0.3, -0.25) is 9.59 Å². The molecule has 0 spiro atoms. The van der Waals surface area contributed by atoms with Gasteiger partial charge < -0.3 is 10.2 Å². The molecule has 36 heavy (non-hydrogen) atoms. The van der Waals surface area contributed by atoms with Crippen LogP contribution >= 0.6 is 35.6 Å². The van der Waals surface area contributed by atoms with Crippen molar-refractivity contribution < 1.29 is 22.8 Å². The van der Waals surface area contributed by atoms with E-state index in [2.05, 4.69) is 33.0 Å². The molecule has 15 heteroatoms. The Kier molecular flexibility index (Phi) is 10.1. The lowest BCUT2D eigenvalue weighted by molar-refractivity contribution is -0.161. The predicted octanol–water partition coefficient (Wildman–Crippen LogP) is 3.98. The van der Waals surface area contributed by atoms with Crippen molar-refractivity contribution in [1.82, 2.24) is 30.0 Å². The van der Waals surface area contributed by atoms with Crippen LogP contribution in [0.2, 0.25) is 0 Å². The van der Waals surface area contributed by atoms with Gasteiger partial charge >= 0.3 is 6.18 Å². The third-order valence-electron chi connectivity index (χ3n) is 4.84. The van der Waals surface area contributed by atoms with E-state index in [0.717, 1.165) is 17.4 Å². The number of nitrogens with zero attached hydrogens (tertiary/aromatic N) is 6. The van der Waals surface area contributed by atoms with Gasteiger partial charge in [0.05, 0.1) is 24.2 Å². The van der Waals surface area contributed by atoms with Gasteiger partial charge in [-0.25, -0.2) is 9.97 Å². The molecule has 1 aliphatic carbocycles. The van der Waals surface area contributed by atoms with Crippen LogP contribution in [0.5, 0.6) is 0 Å². The topological polar surface area (TPSA) is 117 Å². The summed E-state index contributed by atoms with van der Waals surface area (Å²) < 4.78 is 40.8. The van der Waals surface area contributed by atoms with Crippen molar-refractivity contribution in [3.8, 4) is 11.2 Å². The second kappa shape index (κ2) is 12.4. The number of aryl methyl sites for hydroxylation is 1. The summed E-state index contributed by atoms with van der Waals surface area (Å²) in [6, 6.07) is 1.13. The second-order valence-electron chi connectivity index (χ2n) is 7.52. The van der Waals surface area contributed by atoms with Crippen LogP contribution in [0.3, 0.4) is 0 Å². The van der Waals surface area contributed by atoms with Gasteiger partial charge in [-0.1, -0.05) is 29.0 Å². The van der Waals surface area contributed by atoms with Crippen molar-refractivity contribution in [2.24, 2.45) is 5.92 Å². The first-order valence-corrected chi connectivity index (χ1v) is 12.4. The number of thiazole rings is 1. The van der Waals surface area contributed by atoms with Gasteiger partial charge in [-0.05, 0) is 32.6 Å². The summed E-state index contributed by atoms with van der Waals surface area (Å²) in [4.78, 5) is 35.1. The molecule has 9 nitrogen and oxygen atoms in total. The van der Waals surface area contributed by atoms with Crippen LogP contribution in [0.15, 0.2) is 29.0 Å². The largest absolute Gasteiger partial charge is 0.395 e. The van der Waals surface area contributed by atoms with Crippen LogP contribution < -0.4 is 5.32 Å². The minimum Gasteiger partial charge on any atom is -0.343 e. The Hall–Kier alpha value is -2.89. The first-order chi connectivity index (χ1) is 16.9. The van der Waals surface area contributed by atoms with E-state index in [9.17, 15) is 22.8 Å². The summed E-state index contributed by atoms with van der Waals surface area (Å²) in [5, 5.41) is 15.8. The van der Waals surface area contributed by atoms with Gasteiger partial charge in [0.1, 0.15) is 17.2 Å². The van der Waals surface area contributed by atoms with Crippen LogP contribution in [-0.2, 0) is 4.79 Å². The molecule has 0 saturated heterocycles. The van der Waals surface area contributed by atoms with Crippen LogP contribution in [0.25, 0.3) is 5.13 Å². The molecule has 2 atom stereocenters. The molecule has 2 aromatic rings. The Balaban J connectivity index is 0.00000222. The summed E-state index contributed by atoms with van der Waals surface area (Å²) in [6.45, 7) is 3.13. The number of amides is 2. The quantitative estimate of drug-likeness (QED) is 0.407. The summed E-state index contributed by atoms with van der Waals surface area (Å²) in [6.07, 6.45) is 0.0659. The maximum absolute atomic E-state index is 13.1. The first kappa shape index (κ1) is 29.3. The van der Waals surface area contributed by atoms with Gasteiger partial charge in [0, 0.05) is 17.7 Å². The molecule has 2 heterocycles. The average Bonchev–Trinajstić information content (AvgIpc) is 3.46. The fraction of sp³-hybridized carbons (Fsp3) is 0.429. The lowest BCUT2D eigenvalue weighted by atomic mass is 9.93. The van der Waals surface area contributed by atoms with E-state index in [4.69, 9.17) is 16.9 Å². The summed E-state index contributed by atoms with van der Waals surface area (Å²) in [5.74, 6) is -2.32. The van der Waals surface area contributed by atoms with Crippen molar-refractivity contribution in [3.05, 3.63) is 45.5 Å². The van der Waals surface area contributed by atoms with Gasteiger partial charge in [-0.15, -0.1) is 5.10 Å². The zero-order valence-electron chi connectivity index (χ0n) is 19.7. The minimum absolute atomic E-state index is 0.0902. The number of allylic oxidation sites excluding steroid dienone is 3. The number of halogens is 4. The zero-order chi connectivity index (χ0) is 27.2. The number of rotatable bonds is 6. The molecule has 1 aliphatic rings. The zero-order valence-corrected chi connectivity index (χ0v) is 22.1. The number of hydrogen-bond acceptors (Lipinski definition) is 8. The van der Waals surface area contributed by atoms with Crippen LogP contribution in [0, 0.1) is 24.2 Å². The van der Waals surface area contributed by atoms with Gasteiger partial charge in [0.2, 0.25) is 11.0 Å². The molecular weight excluding hydrogens is 539 g/mol. The van der Waals surface area contributed by atoms with E-state index >= 15 is 0 Å². The van der Waals surface area contributed by atoms with Crippen molar-refractivity contribution >= 4 is 47.4 Å². The van der Waals surface area contributed by atoms with Crippen LogP contribution in [-0.4, -0.2) is 62.5 Å². The third-order valence-corrected chi connectivity index (χ3v) is 6.03. The standard InChI is InChI=1S/C20H19ClF3N7O2S.CH4S/c1-10(27-17(32)12-6-13(20(22,23)24)8-14(21)7-12)16-28-11(2)29-31(16)19-26-9-15(34-19)18(33)30(3)5-4-25;1-2/h7-10,13H,5-6H2,1-3H3,(H,27,32);2H,1H3. The van der Waals surface area contributed by atoms with E-state index in [1.54, 1.807) is 20.1 Å². The van der Waals surface area contributed by atoms with E-state index in [1.165, 1.54) is 28.9 Å². The minimum atomic E-state index is -4.52. The molecule has 0 bridgehead atoms. The number of alkyl halides is 3. The summed E-state index contributed by atoms with van der Waals surface area (Å²) >= 11 is 10.4. The number of hydrogen-bond donors (Lipinski definition) is 2. The van der Waals surface area contributed by atoms with Crippen molar-refractivity contribution in [2.75, 3.05) is 19.8 Å². The Labute approximate surface area is 220 Å². The van der Waals surface area contributed by atoms with Gasteiger partial charge in [-0.2, -0.15) is 35.7 Å². The Morgan fingerprint density at radius 1 is 1.44 bits per heavy atom. The van der Waals surface area contributed by atoms with Crippen molar-refractivity contribution in [2.45, 2.75) is 32.5 Å². The van der Waals surface area contributed by atoms with E-state index in [0.29, 0.717) is 11.0 Å².